The van der Waals surface area contributed by atoms with Gasteiger partial charge in [-0.2, -0.15) is 0 Å². The van der Waals surface area contributed by atoms with E-state index in [0.717, 1.165) is 0 Å². The largest absolute Gasteiger partial charge is 0.444 e. The lowest BCUT2D eigenvalue weighted by atomic mass is 9.83. The van der Waals surface area contributed by atoms with Crippen molar-refractivity contribution in [3.8, 4) is 0 Å². The summed E-state index contributed by atoms with van der Waals surface area (Å²) in [5.41, 5.74) is -0.457. The van der Waals surface area contributed by atoms with E-state index >= 15 is 0 Å². The van der Waals surface area contributed by atoms with E-state index in [0.29, 0.717) is 19.5 Å². The summed E-state index contributed by atoms with van der Waals surface area (Å²) in [6.45, 7) is 12.7. The first-order valence-corrected chi connectivity index (χ1v) is 6.48. The minimum atomic E-state index is -0.475. The predicted molar refractivity (Wildman–Crippen MR) is 70.4 cm³/mol. The summed E-state index contributed by atoms with van der Waals surface area (Å²) in [6.07, 6.45) is 0.252. The Morgan fingerprint density at radius 3 is 2.00 bits per heavy atom. The van der Waals surface area contributed by atoms with Crippen LogP contribution in [0.1, 0.15) is 48.0 Å². The SMILES string of the molecule is CC(C)(C)CC(=O)C1CN(C(=O)OC(C)(C)C)C1. The first-order valence-electron chi connectivity index (χ1n) is 6.48. The van der Waals surface area contributed by atoms with E-state index in [1.165, 1.54) is 0 Å². The summed E-state index contributed by atoms with van der Waals surface area (Å²) in [4.78, 5) is 25.2. The number of Topliss-reactive ketones (excluding diaryl/α,β-unsaturated/α-hetero) is 1. The Kier molecular flexibility index (Phi) is 4.08. The van der Waals surface area contributed by atoms with E-state index < -0.39 is 5.60 Å². The maximum absolute atomic E-state index is 11.9. The molecule has 0 spiro atoms. The zero-order valence-electron chi connectivity index (χ0n) is 12.4. The number of ketones is 1. The van der Waals surface area contributed by atoms with Crippen LogP contribution in [0.2, 0.25) is 0 Å². The van der Waals surface area contributed by atoms with Crippen molar-refractivity contribution in [2.75, 3.05) is 13.1 Å². The standard InChI is InChI=1S/C14H25NO3/c1-13(2,3)7-11(16)10-8-15(9-10)12(17)18-14(4,5)6/h10H,7-9H2,1-6H3. The zero-order valence-corrected chi connectivity index (χ0v) is 12.4. The number of amides is 1. The van der Waals surface area contributed by atoms with Crippen molar-refractivity contribution in [1.29, 1.82) is 0 Å². The fraction of sp³-hybridized carbons (Fsp3) is 0.857. The molecule has 0 aromatic rings. The number of hydrogen-bond donors (Lipinski definition) is 0. The molecular formula is C14H25NO3. The number of rotatable bonds is 2. The molecule has 1 aliphatic heterocycles. The monoisotopic (exact) mass is 255 g/mol. The van der Waals surface area contributed by atoms with Crippen molar-refractivity contribution in [3.05, 3.63) is 0 Å². The number of likely N-dealkylation sites (tertiary alicyclic amines) is 1. The van der Waals surface area contributed by atoms with Gasteiger partial charge in [0.1, 0.15) is 11.4 Å². The molecule has 0 unspecified atom stereocenters. The molecule has 0 bridgehead atoms. The second-order valence-corrected chi connectivity index (χ2v) is 7.29. The van der Waals surface area contributed by atoms with Crippen LogP contribution in [-0.2, 0) is 9.53 Å². The molecule has 4 heteroatoms. The zero-order chi connectivity index (χ0) is 14.1. The van der Waals surface area contributed by atoms with E-state index in [-0.39, 0.29) is 23.2 Å². The summed E-state index contributed by atoms with van der Waals surface area (Å²) in [6, 6.07) is 0. The van der Waals surface area contributed by atoms with E-state index in [4.69, 9.17) is 4.74 Å². The predicted octanol–water partition coefficient (Wildman–Crippen LogP) is 2.86. The topological polar surface area (TPSA) is 46.6 Å². The number of ether oxygens (including phenoxy) is 1. The Morgan fingerprint density at radius 1 is 1.11 bits per heavy atom. The molecule has 1 aliphatic rings. The molecule has 18 heavy (non-hydrogen) atoms. The highest BCUT2D eigenvalue weighted by Crippen LogP contribution is 2.26. The Labute approximate surface area is 110 Å². The van der Waals surface area contributed by atoms with Crippen molar-refractivity contribution in [1.82, 2.24) is 4.90 Å². The van der Waals surface area contributed by atoms with Gasteiger partial charge in [-0.05, 0) is 26.2 Å². The molecule has 104 valence electrons. The average Bonchev–Trinajstić information content (AvgIpc) is 1.91. The lowest BCUT2D eigenvalue weighted by molar-refractivity contribution is -0.129. The summed E-state index contributed by atoms with van der Waals surface area (Å²) in [7, 11) is 0. The second kappa shape index (κ2) is 4.90. The van der Waals surface area contributed by atoms with Gasteiger partial charge in [0.05, 0.1) is 5.92 Å². The molecule has 0 N–H and O–H groups in total. The summed E-state index contributed by atoms with van der Waals surface area (Å²) >= 11 is 0. The van der Waals surface area contributed by atoms with E-state index in [1.54, 1.807) is 4.90 Å². The molecule has 0 atom stereocenters. The summed E-state index contributed by atoms with van der Waals surface area (Å²) < 4.78 is 5.25. The molecule has 0 aromatic carbocycles. The van der Waals surface area contributed by atoms with Crippen LogP contribution in [0.15, 0.2) is 0 Å². The van der Waals surface area contributed by atoms with Gasteiger partial charge in [0, 0.05) is 19.5 Å². The van der Waals surface area contributed by atoms with E-state index in [1.807, 2.05) is 20.8 Å². The van der Waals surface area contributed by atoms with Crippen LogP contribution in [0.25, 0.3) is 0 Å². The third-order valence-corrected chi connectivity index (χ3v) is 2.69. The molecule has 0 aromatic heterocycles. The van der Waals surface area contributed by atoms with Crippen LogP contribution in [0.3, 0.4) is 0 Å². The Hall–Kier alpha value is -1.06. The van der Waals surface area contributed by atoms with Gasteiger partial charge in [-0.1, -0.05) is 20.8 Å². The Balaban J connectivity index is 2.36. The normalized spacial score (nSPS) is 17.3. The molecule has 1 saturated heterocycles. The smallest absolute Gasteiger partial charge is 0.410 e. The van der Waals surface area contributed by atoms with Gasteiger partial charge in [0.2, 0.25) is 0 Å². The Morgan fingerprint density at radius 2 is 1.61 bits per heavy atom. The van der Waals surface area contributed by atoms with Gasteiger partial charge in [-0.3, -0.25) is 4.79 Å². The fourth-order valence-electron chi connectivity index (χ4n) is 1.82. The lowest BCUT2D eigenvalue weighted by Gasteiger charge is -2.39. The quantitative estimate of drug-likeness (QED) is 0.762. The molecule has 1 heterocycles. The number of hydrogen-bond acceptors (Lipinski definition) is 3. The van der Waals surface area contributed by atoms with Gasteiger partial charge in [-0.15, -0.1) is 0 Å². The van der Waals surface area contributed by atoms with E-state index in [9.17, 15) is 9.59 Å². The van der Waals surface area contributed by atoms with Crippen LogP contribution >= 0.6 is 0 Å². The van der Waals surface area contributed by atoms with Crippen LogP contribution in [-0.4, -0.2) is 35.5 Å². The molecule has 1 rings (SSSR count). The first-order chi connectivity index (χ1) is 7.98. The van der Waals surface area contributed by atoms with Crippen molar-refractivity contribution < 1.29 is 14.3 Å². The van der Waals surface area contributed by atoms with Crippen LogP contribution in [0, 0.1) is 11.3 Å². The van der Waals surface area contributed by atoms with Gasteiger partial charge >= 0.3 is 6.09 Å². The van der Waals surface area contributed by atoms with Gasteiger partial charge in [0.15, 0.2) is 0 Å². The van der Waals surface area contributed by atoms with Crippen molar-refractivity contribution >= 4 is 11.9 Å². The van der Waals surface area contributed by atoms with Gasteiger partial charge < -0.3 is 9.64 Å². The molecule has 0 saturated carbocycles. The highest BCUT2D eigenvalue weighted by atomic mass is 16.6. The average molecular weight is 255 g/mol. The molecular weight excluding hydrogens is 230 g/mol. The van der Waals surface area contributed by atoms with Crippen LogP contribution in [0.5, 0.6) is 0 Å². The highest BCUT2D eigenvalue weighted by Gasteiger charge is 2.38. The van der Waals surface area contributed by atoms with Crippen molar-refractivity contribution in [2.45, 2.75) is 53.6 Å². The third-order valence-electron chi connectivity index (χ3n) is 2.69. The third kappa shape index (κ3) is 4.67. The minimum absolute atomic E-state index is 0.00302. The highest BCUT2D eigenvalue weighted by molar-refractivity contribution is 5.84. The maximum Gasteiger partial charge on any atom is 0.410 e. The number of carbonyl (C=O) groups excluding carboxylic acids is 2. The van der Waals surface area contributed by atoms with Crippen LogP contribution in [0.4, 0.5) is 4.79 Å². The molecule has 1 fully saturated rings. The minimum Gasteiger partial charge on any atom is -0.444 e. The summed E-state index contributed by atoms with van der Waals surface area (Å²) in [5.74, 6) is 0.249. The second-order valence-electron chi connectivity index (χ2n) is 7.29. The number of carbonyl (C=O) groups is 2. The maximum atomic E-state index is 11.9. The number of nitrogens with zero attached hydrogens (tertiary/aromatic N) is 1. The molecule has 1 amide bonds. The summed E-state index contributed by atoms with van der Waals surface area (Å²) in [5, 5.41) is 0. The first kappa shape index (κ1) is 15.0. The van der Waals surface area contributed by atoms with Crippen LogP contribution < -0.4 is 0 Å². The molecule has 0 aliphatic carbocycles. The van der Waals surface area contributed by atoms with Crippen molar-refractivity contribution in [2.24, 2.45) is 11.3 Å². The fourth-order valence-corrected chi connectivity index (χ4v) is 1.82. The molecule has 4 nitrogen and oxygen atoms in total. The molecule has 0 radical (unpaired) electrons. The van der Waals surface area contributed by atoms with Gasteiger partial charge in [0.25, 0.3) is 0 Å². The van der Waals surface area contributed by atoms with E-state index in [2.05, 4.69) is 20.8 Å². The lowest BCUT2D eigenvalue weighted by Crippen LogP contribution is -2.54. The van der Waals surface area contributed by atoms with Gasteiger partial charge in [-0.25, -0.2) is 4.79 Å². The van der Waals surface area contributed by atoms with Crippen molar-refractivity contribution in [3.63, 3.8) is 0 Å². The Bertz CT molecular complexity index is 298.